The van der Waals surface area contributed by atoms with Gasteiger partial charge in [-0.3, -0.25) is 4.79 Å². The Balaban J connectivity index is 1.66. The van der Waals surface area contributed by atoms with Crippen LogP contribution in [0, 0.1) is 13.8 Å². The first-order valence-electron chi connectivity index (χ1n) is 8.23. The Morgan fingerprint density at radius 3 is 2.61 bits per heavy atom. The summed E-state index contributed by atoms with van der Waals surface area (Å²) in [6.45, 7) is 4.14. The van der Waals surface area contributed by atoms with E-state index in [9.17, 15) is 4.79 Å². The molecule has 1 fully saturated rings. The number of carbonyl (C=O) groups is 1. The van der Waals surface area contributed by atoms with E-state index in [1.54, 1.807) is 12.3 Å². The molecule has 0 saturated heterocycles. The molecule has 0 bridgehead atoms. The number of rotatable bonds is 4. The third-order valence-corrected chi connectivity index (χ3v) is 4.36. The molecule has 2 N–H and O–H groups in total. The molecule has 2 aromatic rings. The van der Waals surface area contributed by atoms with Gasteiger partial charge in [-0.05, 0) is 56.0 Å². The minimum Gasteiger partial charge on any atom is -0.354 e. The minimum atomic E-state index is -0.0739. The molecule has 3 rings (SSSR count). The second kappa shape index (κ2) is 6.82. The van der Waals surface area contributed by atoms with Crippen molar-refractivity contribution < 1.29 is 4.79 Å². The Labute approximate surface area is 137 Å². The van der Waals surface area contributed by atoms with E-state index in [-0.39, 0.29) is 5.91 Å². The van der Waals surface area contributed by atoms with Gasteiger partial charge in [0.05, 0.1) is 11.9 Å². The third-order valence-electron chi connectivity index (χ3n) is 4.36. The molecule has 4 nitrogen and oxygen atoms in total. The Kier molecular flexibility index (Phi) is 4.60. The van der Waals surface area contributed by atoms with Crippen LogP contribution < -0.4 is 10.6 Å². The van der Waals surface area contributed by atoms with Gasteiger partial charge in [0.1, 0.15) is 5.69 Å². The van der Waals surface area contributed by atoms with E-state index in [0.29, 0.717) is 11.7 Å². The fourth-order valence-electron chi connectivity index (χ4n) is 2.96. The number of hydrogen-bond acceptors (Lipinski definition) is 3. The first kappa shape index (κ1) is 15.5. The van der Waals surface area contributed by atoms with Crippen molar-refractivity contribution in [3.8, 4) is 0 Å². The van der Waals surface area contributed by atoms with Crippen molar-refractivity contribution in [1.82, 2.24) is 10.3 Å². The van der Waals surface area contributed by atoms with Gasteiger partial charge in [0, 0.05) is 11.7 Å². The third kappa shape index (κ3) is 3.89. The highest BCUT2D eigenvalue weighted by Crippen LogP contribution is 2.22. The first-order chi connectivity index (χ1) is 11.1. The average Bonchev–Trinajstić information content (AvgIpc) is 3.04. The molecule has 120 valence electrons. The van der Waals surface area contributed by atoms with Crippen LogP contribution in [0.3, 0.4) is 0 Å². The van der Waals surface area contributed by atoms with E-state index >= 15 is 0 Å². The average molecular weight is 309 g/mol. The highest BCUT2D eigenvalue weighted by Gasteiger charge is 2.18. The van der Waals surface area contributed by atoms with Crippen molar-refractivity contribution >= 4 is 17.3 Å². The van der Waals surface area contributed by atoms with Gasteiger partial charge < -0.3 is 10.6 Å². The summed E-state index contributed by atoms with van der Waals surface area (Å²) in [7, 11) is 0. The van der Waals surface area contributed by atoms with Gasteiger partial charge in [0.25, 0.3) is 5.91 Å². The zero-order valence-electron chi connectivity index (χ0n) is 13.7. The van der Waals surface area contributed by atoms with E-state index < -0.39 is 0 Å². The fraction of sp³-hybridized carbons (Fsp3) is 0.368. The number of nitrogens with one attached hydrogen (secondary N) is 2. The molecule has 1 aromatic heterocycles. The van der Waals surface area contributed by atoms with Crippen molar-refractivity contribution in [2.24, 2.45) is 0 Å². The summed E-state index contributed by atoms with van der Waals surface area (Å²) in [5, 5.41) is 6.42. The second-order valence-corrected chi connectivity index (χ2v) is 6.33. The van der Waals surface area contributed by atoms with Gasteiger partial charge in [0.15, 0.2) is 0 Å². The van der Waals surface area contributed by atoms with Crippen LogP contribution in [-0.4, -0.2) is 16.9 Å². The number of pyridine rings is 1. The lowest BCUT2D eigenvalue weighted by Crippen LogP contribution is -2.33. The lowest BCUT2D eigenvalue weighted by molar-refractivity contribution is 0.0933. The predicted molar refractivity (Wildman–Crippen MR) is 93.2 cm³/mol. The molecule has 23 heavy (non-hydrogen) atoms. The normalized spacial score (nSPS) is 14.7. The summed E-state index contributed by atoms with van der Waals surface area (Å²) >= 11 is 0. The van der Waals surface area contributed by atoms with E-state index in [1.165, 1.54) is 24.0 Å². The molecule has 4 heteroatoms. The maximum atomic E-state index is 12.2. The van der Waals surface area contributed by atoms with Crippen LogP contribution in [0.25, 0.3) is 0 Å². The molecule has 1 aliphatic carbocycles. The van der Waals surface area contributed by atoms with Crippen LogP contribution in [0.4, 0.5) is 11.4 Å². The highest BCUT2D eigenvalue weighted by atomic mass is 16.1. The van der Waals surface area contributed by atoms with Crippen LogP contribution in [0.15, 0.2) is 36.5 Å². The molecule has 0 radical (unpaired) electrons. The largest absolute Gasteiger partial charge is 0.354 e. The molecule has 1 aromatic carbocycles. The van der Waals surface area contributed by atoms with Crippen LogP contribution in [-0.2, 0) is 0 Å². The smallest absolute Gasteiger partial charge is 0.270 e. The molecule has 0 atom stereocenters. The zero-order chi connectivity index (χ0) is 16.2. The topological polar surface area (TPSA) is 54.0 Å². The molecule has 1 heterocycles. The molecule has 0 unspecified atom stereocenters. The fourth-order valence-corrected chi connectivity index (χ4v) is 2.96. The monoisotopic (exact) mass is 309 g/mol. The Hall–Kier alpha value is -2.36. The number of aryl methyl sites for hydroxylation is 2. The van der Waals surface area contributed by atoms with Gasteiger partial charge in [-0.2, -0.15) is 0 Å². The van der Waals surface area contributed by atoms with E-state index in [4.69, 9.17) is 0 Å². The Bertz CT molecular complexity index is 688. The SMILES string of the molecule is Cc1ccc(C)c(Nc2ccc(C(=O)NC3CCCC3)nc2)c1. The number of hydrogen-bond donors (Lipinski definition) is 2. The molecular formula is C19H23N3O. The Morgan fingerprint density at radius 2 is 1.91 bits per heavy atom. The Morgan fingerprint density at radius 1 is 1.13 bits per heavy atom. The zero-order valence-corrected chi connectivity index (χ0v) is 13.7. The van der Waals surface area contributed by atoms with Gasteiger partial charge >= 0.3 is 0 Å². The van der Waals surface area contributed by atoms with Gasteiger partial charge in [-0.25, -0.2) is 4.98 Å². The number of benzene rings is 1. The number of carbonyl (C=O) groups excluding carboxylic acids is 1. The summed E-state index contributed by atoms with van der Waals surface area (Å²) in [5.74, 6) is -0.0739. The number of anilines is 2. The predicted octanol–water partition coefficient (Wildman–Crippen LogP) is 4.11. The van der Waals surface area contributed by atoms with Crippen molar-refractivity contribution in [1.29, 1.82) is 0 Å². The van der Waals surface area contributed by atoms with Crippen LogP contribution in [0.5, 0.6) is 0 Å². The quantitative estimate of drug-likeness (QED) is 0.893. The summed E-state index contributed by atoms with van der Waals surface area (Å²) in [4.78, 5) is 16.5. The van der Waals surface area contributed by atoms with Crippen molar-refractivity contribution in [2.45, 2.75) is 45.6 Å². The maximum absolute atomic E-state index is 12.2. The second-order valence-electron chi connectivity index (χ2n) is 6.33. The lowest BCUT2D eigenvalue weighted by atomic mass is 10.1. The highest BCUT2D eigenvalue weighted by molar-refractivity contribution is 5.92. The molecular weight excluding hydrogens is 286 g/mol. The first-order valence-corrected chi connectivity index (χ1v) is 8.23. The van der Waals surface area contributed by atoms with Crippen LogP contribution in [0.2, 0.25) is 0 Å². The van der Waals surface area contributed by atoms with E-state index in [1.807, 2.05) is 6.07 Å². The number of amides is 1. The van der Waals surface area contributed by atoms with E-state index in [0.717, 1.165) is 24.2 Å². The van der Waals surface area contributed by atoms with Gasteiger partial charge in [0.2, 0.25) is 0 Å². The van der Waals surface area contributed by atoms with Gasteiger partial charge in [-0.1, -0.05) is 25.0 Å². The van der Waals surface area contributed by atoms with Crippen molar-refractivity contribution in [3.63, 3.8) is 0 Å². The van der Waals surface area contributed by atoms with Crippen LogP contribution >= 0.6 is 0 Å². The number of aromatic nitrogens is 1. The molecule has 0 spiro atoms. The van der Waals surface area contributed by atoms with E-state index in [2.05, 4.69) is 47.7 Å². The molecule has 1 amide bonds. The van der Waals surface area contributed by atoms with Crippen molar-refractivity contribution in [3.05, 3.63) is 53.3 Å². The summed E-state index contributed by atoms with van der Waals surface area (Å²) < 4.78 is 0. The number of nitrogens with zero attached hydrogens (tertiary/aromatic N) is 1. The van der Waals surface area contributed by atoms with Crippen molar-refractivity contribution in [2.75, 3.05) is 5.32 Å². The lowest BCUT2D eigenvalue weighted by Gasteiger charge is -2.12. The standard InChI is InChI=1S/C19H23N3O/c1-13-7-8-14(2)18(11-13)21-16-9-10-17(20-12-16)19(23)22-15-5-3-4-6-15/h7-12,15,21H,3-6H2,1-2H3,(H,22,23). The van der Waals surface area contributed by atoms with Crippen LogP contribution in [0.1, 0.15) is 47.3 Å². The molecule has 1 saturated carbocycles. The molecule has 0 aliphatic heterocycles. The molecule has 1 aliphatic rings. The van der Waals surface area contributed by atoms with Gasteiger partial charge in [-0.15, -0.1) is 0 Å². The maximum Gasteiger partial charge on any atom is 0.270 e. The minimum absolute atomic E-state index is 0.0739. The summed E-state index contributed by atoms with van der Waals surface area (Å²) in [5.41, 5.74) is 4.81. The summed E-state index contributed by atoms with van der Waals surface area (Å²) in [6.07, 6.45) is 6.29. The summed E-state index contributed by atoms with van der Waals surface area (Å²) in [6, 6.07) is 10.3.